The summed E-state index contributed by atoms with van der Waals surface area (Å²) in [5, 5.41) is 8.98. The Morgan fingerprint density at radius 2 is 2.43 bits per heavy atom. The Morgan fingerprint density at radius 1 is 1.57 bits per heavy atom. The number of nitrogens with one attached hydrogen (secondary N) is 1. The van der Waals surface area contributed by atoms with Gasteiger partial charge in [-0.1, -0.05) is 5.16 Å². The van der Waals surface area contributed by atoms with Crippen LogP contribution in [-0.4, -0.2) is 22.6 Å². The number of carbonyl (C=O) groups is 1. The zero-order chi connectivity index (χ0) is 14.8. The second-order valence-corrected chi connectivity index (χ2v) is 6.41. The van der Waals surface area contributed by atoms with Gasteiger partial charge < -0.3 is 14.7 Å². The van der Waals surface area contributed by atoms with Crippen molar-refractivity contribution in [2.75, 3.05) is 6.54 Å². The average Bonchev–Trinajstić information content (AvgIpc) is 3.16. The molecule has 2 aromatic heterocycles. The minimum absolute atomic E-state index is 0.00985. The van der Waals surface area contributed by atoms with Gasteiger partial charge in [-0.3, -0.25) is 0 Å². The van der Waals surface area contributed by atoms with Crippen molar-refractivity contribution >= 4 is 17.4 Å². The topological polar surface area (TPSA) is 58.4 Å². The number of amides is 2. The summed E-state index contributed by atoms with van der Waals surface area (Å²) in [4.78, 5) is 15.5. The summed E-state index contributed by atoms with van der Waals surface area (Å²) in [6, 6.07) is 3.97. The van der Waals surface area contributed by atoms with E-state index in [0.717, 1.165) is 30.8 Å². The fraction of sp³-hybridized carbons (Fsp3) is 0.467. The molecule has 5 nitrogen and oxygen atoms in total. The summed E-state index contributed by atoms with van der Waals surface area (Å²) in [5.74, 6) is 0.785. The van der Waals surface area contributed by atoms with Gasteiger partial charge >= 0.3 is 6.03 Å². The quantitative estimate of drug-likeness (QED) is 0.945. The van der Waals surface area contributed by atoms with Gasteiger partial charge in [-0.15, -0.1) is 11.3 Å². The number of hydrogen-bond acceptors (Lipinski definition) is 4. The van der Waals surface area contributed by atoms with E-state index in [2.05, 4.69) is 23.5 Å². The zero-order valence-corrected chi connectivity index (χ0v) is 13.1. The van der Waals surface area contributed by atoms with Gasteiger partial charge in [0.1, 0.15) is 0 Å². The van der Waals surface area contributed by atoms with Crippen LogP contribution in [0.2, 0.25) is 0 Å². The van der Waals surface area contributed by atoms with Crippen LogP contribution in [0.1, 0.15) is 40.8 Å². The Morgan fingerprint density at radius 3 is 3.10 bits per heavy atom. The van der Waals surface area contributed by atoms with Crippen LogP contribution in [0, 0.1) is 13.8 Å². The van der Waals surface area contributed by atoms with Crippen LogP contribution in [0.3, 0.4) is 0 Å². The minimum Gasteiger partial charge on any atom is -0.359 e. The third-order valence-electron chi connectivity index (χ3n) is 3.86. The first kappa shape index (κ1) is 14.1. The standard InChI is InChI=1S/C15H19N3O2S/c1-10-5-7-21-14(10)9-16-15(19)18-6-3-4-12(18)13-8-11(2)17-20-13/h5,7-8,12H,3-4,6,9H2,1-2H3,(H,16,19). The second kappa shape index (κ2) is 5.89. The molecule has 1 saturated heterocycles. The Bertz CT molecular complexity index is 634. The molecule has 0 aromatic carbocycles. The second-order valence-electron chi connectivity index (χ2n) is 5.41. The molecular weight excluding hydrogens is 286 g/mol. The first-order valence-electron chi connectivity index (χ1n) is 7.16. The highest BCUT2D eigenvalue weighted by atomic mass is 32.1. The number of rotatable bonds is 3. The molecule has 0 saturated carbocycles. The molecule has 2 amide bonds. The summed E-state index contributed by atoms with van der Waals surface area (Å²) in [5.41, 5.74) is 2.08. The predicted molar refractivity (Wildman–Crippen MR) is 81.2 cm³/mol. The molecule has 112 valence electrons. The first-order chi connectivity index (χ1) is 10.1. The fourth-order valence-electron chi connectivity index (χ4n) is 2.69. The Balaban J connectivity index is 1.65. The highest BCUT2D eigenvalue weighted by molar-refractivity contribution is 7.10. The van der Waals surface area contributed by atoms with Crippen molar-refractivity contribution in [3.8, 4) is 0 Å². The highest BCUT2D eigenvalue weighted by Crippen LogP contribution is 2.32. The molecule has 1 fully saturated rings. The van der Waals surface area contributed by atoms with E-state index in [-0.39, 0.29) is 12.1 Å². The molecule has 2 aromatic rings. The summed E-state index contributed by atoms with van der Waals surface area (Å²) in [6.45, 7) is 5.31. The van der Waals surface area contributed by atoms with Gasteiger partial charge in [0.2, 0.25) is 0 Å². The summed E-state index contributed by atoms with van der Waals surface area (Å²) >= 11 is 1.67. The van der Waals surface area contributed by atoms with Gasteiger partial charge in [-0.25, -0.2) is 4.79 Å². The lowest BCUT2D eigenvalue weighted by Crippen LogP contribution is -2.39. The molecule has 3 heterocycles. The van der Waals surface area contributed by atoms with E-state index in [1.165, 1.54) is 10.4 Å². The molecule has 1 atom stereocenters. The maximum absolute atomic E-state index is 12.4. The Labute approximate surface area is 127 Å². The lowest BCUT2D eigenvalue weighted by molar-refractivity contribution is 0.182. The SMILES string of the molecule is Cc1cc(C2CCCN2C(=O)NCc2sccc2C)on1. The number of aromatic nitrogens is 1. The molecule has 0 radical (unpaired) electrons. The normalized spacial score (nSPS) is 18.2. The number of hydrogen-bond donors (Lipinski definition) is 1. The maximum atomic E-state index is 12.4. The van der Waals surface area contributed by atoms with Crippen LogP contribution in [0.4, 0.5) is 4.79 Å². The lowest BCUT2D eigenvalue weighted by Gasteiger charge is -2.23. The molecular formula is C15H19N3O2S. The van der Waals surface area contributed by atoms with Crippen LogP contribution < -0.4 is 5.32 Å². The van der Waals surface area contributed by atoms with Gasteiger partial charge in [0.05, 0.1) is 18.3 Å². The fourth-order valence-corrected chi connectivity index (χ4v) is 3.53. The number of aryl methyl sites for hydroxylation is 2. The number of nitrogens with zero attached hydrogens (tertiary/aromatic N) is 2. The smallest absolute Gasteiger partial charge is 0.318 e. The van der Waals surface area contributed by atoms with E-state index in [1.54, 1.807) is 11.3 Å². The molecule has 0 bridgehead atoms. The number of likely N-dealkylation sites (tertiary alicyclic amines) is 1. The molecule has 1 unspecified atom stereocenters. The van der Waals surface area contributed by atoms with E-state index < -0.39 is 0 Å². The molecule has 3 rings (SSSR count). The van der Waals surface area contributed by atoms with Crippen LogP contribution >= 0.6 is 11.3 Å². The van der Waals surface area contributed by atoms with E-state index in [9.17, 15) is 4.79 Å². The molecule has 6 heteroatoms. The third-order valence-corrected chi connectivity index (χ3v) is 4.88. The van der Waals surface area contributed by atoms with Gasteiger partial charge in [0, 0.05) is 17.5 Å². The van der Waals surface area contributed by atoms with Crippen LogP contribution in [0.25, 0.3) is 0 Å². The number of carbonyl (C=O) groups excluding carboxylic acids is 1. The average molecular weight is 305 g/mol. The van der Waals surface area contributed by atoms with Crippen molar-refractivity contribution in [3.05, 3.63) is 39.4 Å². The molecule has 1 aliphatic rings. The van der Waals surface area contributed by atoms with Crippen LogP contribution in [0.15, 0.2) is 22.0 Å². The first-order valence-corrected chi connectivity index (χ1v) is 8.04. The third kappa shape index (κ3) is 2.95. The van der Waals surface area contributed by atoms with E-state index in [4.69, 9.17) is 4.52 Å². The summed E-state index contributed by atoms with van der Waals surface area (Å²) in [6.07, 6.45) is 1.93. The van der Waals surface area contributed by atoms with E-state index >= 15 is 0 Å². The number of thiophene rings is 1. The highest BCUT2D eigenvalue weighted by Gasteiger charge is 2.32. The Kier molecular flexibility index (Phi) is 3.96. The molecule has 0 spiro atoms. The van der Waals surface area contributed by atoms with Crippen molar-refractivity contribution in [2.45, 2.75) is 39.3 Å². The monoisotopic (exact) mass is 305 g/mol. The van der Waals surface area contributed by atoms with Crippen molar-refractivity contribution < 1.29 is 9.32 Å². The molecule has 1 N–H and O–H groups in total. The van der Waals surface area contributed by atoms with Gasteiger partial charge in [0.25, 0.3) is 0 Å². The summed E-state index contributed by atoms with van der Waals surface area (Å²) < 4.78 is 5.33. The predicted octanol–water partition coefficient (Wildman–Crippen LogP) is 3.40. The molecule has 21 heavy (non-hydrogen) atoms. The van der Waals surface area contributed by atoms with E-state index in [1.807, 2.05) is 23.3 Å². The Hall–Kier alpha value is -1.82. The van der Waals surface area contributed by atoms with Gasteiger partial charge in [-0.05, 0) is 43.7 Å². The maximum Gasteiger partial charge on any atom is 0.318 e. The van der Waals surface area contributed by atoms with Gasteiger partial charge in [-0.2, -0.15) is 0 Å². The van der Waals surface area contributed by atoms with Crippen molar-refractivity contribution in [3.63, 3.8) is 0 Å². The minimum atomic E-state index is -0.0284. The zero-order valence-electron chi connectivity index (χ0n) is 12.3. The number of urea groups is 1. The van der Waals surface area contributed by atoms with Crippen LogP contribution in [0.5, 0.6) is 0 Å². The van der Waals surface area contributed by atoms with Crippen molar-refractivity contribution in [1.29, 1.82) is 0 Å². The lowest BCUT2D eigenvalue weighted by atomic mass is 10.1. The van der Waals surface area contributed by atoms with Crippen molar-refractivity contribution in [2.24, 2.45) is 0 Å². The van der Waals surface area contributed by atoms with Crippen LogP contribution in [-0.2, 0) is 6.54 Å². The van der Waals surface area contributed by atoms with Crippen molar-refractivity contribution in [1.82, 2.24) is 15.4 Å². The molecule has 0 aliphatic carbocycles. The molecule has 1 aliphatic heterocycles. The summed E-state index contributed by atoms with van der Waals surface area (Å²) in [7, 11) is 0. The largest absolute Gasteiger partial charge is 0.359 e. The van der Waals surface area contributed by atoms with Gasteiger partial charge in [0.15, 0.2) is 5.76 Å². The van der Waals surface area contributed by atoms with E-state index in [0.29, 0.717) is 6.54 Å².